The number of carboxylic acid groups (broad SMARTS) is 1. The predicted molar refractivity (Wildman–Crippen MR) is 257 cm³/mol. The summed E-state index contributed by atoms with van der Waals surface area (Å²) in [5.74, 6) is 0.0705. The summed E-state index contributed by atoms with van der Waals surface area (Å²) < 4.78 is 13.3. The van der Waals surface area contributed by atoms with Gasteiger partial charge in [0.15, 0.2) is 0 Å². The topological polar surface area (TPSA) is 143 Å². The minimum absolute atomic E-state index is 0.0252. The third-order valence-corrected chi connectivity index (χ3v) is 14.4. The average Bonchev–Trinajstić information content (AvgIpc) is 3.69. The first-order valence-corrected chi connectivity index (χ1v) is 23.4. The fourth-order valence-electron chi connectivity index (χ4n) is 9.40. The Morgan fingerprint density at radius 2 is 1.19 bits per heavy atom. The fourth-order valence-corrected chi connectivity index (χ4v) is 10.1. The zero-order valence-corrected chi connectivity index (χ0v) is 40.1. The molecule has 4 aliphatic heterocycles. The lowest BCUT2D eigenvalue weighted by Gasteiger charge is -2.41. The summed E-state index contributed by atoms with van der Waals surface area (Å²) in [6, 6.07) is 2.30. The normalized spacial score (nSPS) is 23.3. The first kappa shape index (κ1) is 48.2. The van der Waals surface area contributed by atoms with E-state index in [1.165, 1.54) is 22.3 Å². The van der Waals surface area contributed by atoms with E-state index in [9.17, 15) is 30.3 Å². The molecule has 5 atom stereocenters. The third kappa shape index (κ3) is 10.7. The number of hydrogen-bond donors (Lipinski definition) is 5. The molecule has 2 aromatic carbocycles. The van der Waals surface area contributed by atoms with E-state index in [1.54, 1.807) is 17.0 Å². The second kappa shape index (κ2) is 19.9. The van der Waals surface area contributed by atoms with E-state index >= 15 is 0 Å². The minimum Gasteiger partial charge on any atom is -0.508 e. The Labute approximate surface area is 385 Å². The highest BCUT2D eigenvalue weighted by atomic mass is 32.1. The summed E-state index contributed by atoms with van der Waals surface area (Å²) in [5, 5.41) is 55.5. The zero-order chi connectivity index (χ0) is 46.0. The second-order valence-corrected chi connectivity index (χ2v) is 20.0. The van der Waals surface area contributed by atoms with E-state index in [0.717, 1.165) is 49.7 Å². The molecule has 6 rings (SSSR count). The maximum Gasteiger partial charge on any atom is 0.326 e. The van der Waals surface area contributed by atoms with Crippen LogP contribution in [0.25, 0.3) is 0 Å². The number of aliphatic hydroxyl groups excluding tert-OH is 2. The Morgan fingerprint density at radius 1 is 0.730 bits per heavy atom. The molecule has 0 unspecified atom stereocenters. The van der Waals surface area contributed by atoms with E-state index in [4.69, 9.17) is 33.9 Å². The molecule has 0 bridgehead atoms. The van der Waals surface area contributed by atoms with Crippen LogP contribution in [0.15, 0.2) is 58.7 Å². The molecule has 0 aromatic heterocycles. The van der Waals surface area contributed by atoms with Gasteiger partial charge in [-0.25, -0.2) is 4.79 Å². The van der Waals surface area contributed by atoms with Gasteiger partial charge in [-0.1, -0.05) is 71.0 Å². The van der Waals surface area contributed by atoms with Crippen molar-refractivity contribution in [2.45, 2.75) is 175 Å². The molecule has 0 saturated carbocycles. The van der Waals surface area contributed by atoms with Crippen molar-refractivity contribution < 1.29 is 39.8 Å². The van der Waals surface area contributed by atoms with Gasteiger partial charge in [0.1, 0.15) is 50.2 Å². The van der Waals surface area contributed by atoms with Gasteiger partial charge in [0, 0.05) is 65.9 Å². The van der Waals surface area contributed by atoms with Gasteiger partial charge in [-0.2, -0.15) is 0 Å². The number of aromatic hydroxyl groups is 2. The molecule has 0 fully saturated rings. The number of hydrogen-bond acceptors (Lipinski definition) is 9. The molecule has 342 valence electrons. The van der Waals surface area contributed by atoms with E-state index in [2.05, 4.69) is 65.8 Å². The van der Waals surface area contributed by atoms with Gasteiger partial charge in [0.25, 0.3) is 0 Å². The van der Waals surface area contributed by atoms with Crippen LogP contribution in [-0.4, -0.2) is 87.3 Å². The van der Waals surface area contributed by atoms with Gasteiger partial charge >= 0.3 is 5.97 Å². The number of benzene rings is 2. The molecule has 2 aromatic rings. The molecule has 0 spiro atoms. The van der Waals surface area contributed by atoms with E-state index < -0.39 is 35.4 Å². The lowest BCUT2D eigenvalue weighted by atomic mass is 9.84. The van der Waals surface area contributed by atoms with Crippen LogP contribution in [-0.2, 0) is 30.7 Å². The van der Waals surface area contributed by atoms with Gasteiger partial charge in [-0.3, -0.25) is 0 Å². The molecule has 0 aliphatic carbocycles. The fraction of sp³-hybridized carbons (Fsp3) is 0.549. The van der Waals surface area contributed by atoms with Crippen molar-refractivity contribution in [2.75, 3.05) is 6.54 Å². The van der Waals surface area contributed by atoms with Crippen LogP contribution < -0.4 is 9.47 Å². The molecular weight excluding hydrogens is 833 g/mol. The van der Waals surface area contributed by atoms with Gasteiger partial charge in [0.05, 0.1) is 12.2 Å². The quantitative estimate of drug-likeness (QED) is 0.0718. The number of phenols is 2. The van der Waals surface area contributed by atoms with Gasteiger partial charge in [-0.05, 0) is 132 Å². The third-order valence-electron chi connectivity index (χ3n) is 13.5. The number of allylic oxidation sites excluding steroid dienone is 8. The molecule has 10 nitrogen and oxygen atoms in total. The van der Waals surface area contributed by atoms with Crippen molar-refractivity contribution in [2.24, 2.45) is 0 Å². The van der Waals surface area contributed by atoms with Gasteiger partial charge in [0.2, 0.25) is 0 Å². The Hall–Kier alpha value is -4.23. The monoisotopic (exact) mass is 900 g/mol. The van der Waals surface area contributed by atoms with Crippen molar-refractivity contribution in [3.63, 3.8) is 0 Å². The van der Waals surface area contributed by atoms with Gasteiger partial charge < -0.3 is 44.8 Å². The molecule has 12 heteroatoms. The second-order valence-electron chi connectivity index (χ2n) is 19.2. The summed E-state index contributed by atoms with van der Waals surface area (Å²) in [4.78, 5) is 17.6. The Kier molecular flexibility index (Phi) is 15.2. The predicted octanol–water partition coefficient (Wildman–Crippen LogP) is 10.1. The van der Waals surface area contributed by atoms with Crippen molar-refractivity contribution in [3.8, 4) is 23.0 Å². The van der Waals surface area contributed by atoms with Crippen LogP contribution in [0.5, 0.6) is 23.0 Å². The number of carbonyl (C=O) groups is 1. The van der Waals surface area contributed by atoms with Crippen molar-refractivity contribution >= 4 is 40.4 Å². The number of rotatable bonds is 18. The molecule has 4 heterocycles. The summed E-state index contributed by atoms with van der Waals surface area (Å²) in [7, 11) is 0. The number of phenolic OH excluding ortho intramolecular Hbond substituents is 2. The van der Waals surface area contributed by atoms with Gasteiger partial charge in [-0.15, -0.1) is 0 Å². The van der Waals surface area contributed by atoms with Crippen LogP contribution in [0.4, 0.5) is 0 Å². The number of ether oxygens (including phenoxy) is 2. The lowest BCUT2D eigenvalue weighted by Crippen LogP contribution is -2.49. The molecular formula is C51H68N2O8S2. The minimum atomic E-state index is -1.01. The van der Waals surface area contributed by atoms with Crippen LogP contribution in [0, 0.1) is 0 Å². The SMILES string of the molecule is CC(C)=CCC/C(C)=C/CC[C@@]1(C)Oc2c(c(O)cc3c2CN(CCC[C@@H](C(=O)O)N2Cc4c(cc(O)c5c4O[C@](C)(CC/C=C(\C)CCC=C(C)C)[C@@H](O)C5)C2=S)C3=S)C[C@@H]1O. The largest absolute Gasteiger partial charge is 0.508 e. The lowest BCUT2D eigenvalue weighted by molar-refractivity contribution is -0.142. The first-order chi connectivity index (χ1) is 29.7. The maximum absolute atomic E-state index is 13.0. The van der Waals surface area contributed by atoms with E-state index in [-0.39, 0.29) is 37.3 Å². The van der Waals surface area contributed by atoms with Crippen molar-refractivity contribution in [1.29, 1.82) is 0 Å². The highest BCUT2D eigenvalue weighted by Gasteiger charge is 2.46. The van der Waals surface area contributed by atoms with E-state index in [1.807, 2.05) is 18.7 Å². The van der Waals surface area contributed by atoms with Crippen LogP contribution >= 0.6 is 24.4 Å². The smallest absolute Gasteiger partial charge is 0.326 e. The molecule has 4 aliphatic rings. The number of fused-ring (bicyclic) bond motifs is 6. The zero-order valence-electron chi connectivity index (χ0n) is 38.5. The average molecular weight is 901 g/mol. The number of aliphatic carboxylic acids is 1. The Bertz CT molecular complexity index is 2240. The summed E-state index contributed by atoms with van der Waals surface area (Å²) in [6.45, 7) is 17.6. The summed E-state index contributed by atoms with van der Waals surface area (Å²) in [6.07, 6.45) is 15.1. The number of nitrogens with zero attached hydrogens (tertiary/aromatic N) is 2. The number of thiocarbonyl (C=S) groups is 2. The molecule has 0 radical (unpaired) electrons. The molecule has 0 saturated heterocycles. The Balaban J connectivity index is 1.11. The standard InChI is InChI=1S/C51H68N2O8S2/c1-30(2)14-9-16-32(5)18-11-21-50(7)43(56)26-36-41(54)24-34-38(45(36)60-50)28-52(47(34)62)23-13-20-40(49(58)59)53-29-39-35(48(53)63)25-42(55)37-27-44(57)51(8,61-46(37)39)22-12-19-33(6)17-10-15-31(3)4/h14-15,18-19,24-25,40,43-44,54-57H,9-13,16-17,20-23,26-29H2,1-8H3,(H,58,59)/b32-18+,33-19+/t40-,43-,44-,50+,51+/m0/s1. The summed E-state index contributed by atoms with van der Waals surface area (Å²) >= 11 is 11.9. The number of aliphatic hydroxyl groups is 2. The van der Waals surface area contributed by atoms with E-state index in [0.29, 0.717) is 76.1 Å². The Morgan fingerprint density at radius 3 is 1.65 bits per heavy atom. The van der Waals surface area contributed by atoms with Crippen LogP contribution in [0.2, 0.25) is 0 Å². The highest BCUT2D eigenvalue weighted by molar-refractivity contribution is 7.81. The van der Waals surface area contributed by atoms with Crippen molar-refractivity contribution in [3.05, 3.63) is 92.1 Å². The summed E-state index contributed by atoms with van der Waals surface area (Å²) in [5.41, 5.74) is 7.39. The molecule has 0 amide bonds. The molecule has 63 heavy (non-hydrogen) atoms. The highest BCUT2D eigenvalue weighted by Crippen LogP contribution is 2.48. The van der Waals surface area contributed by atoms with Crippen LogP contribution in [0.1, 0.15) is 153 Å². The van der Waals surface area contributed by atoms with Crippen molar-refractivity contribution in [1.82, 2.24) is 9.80 Å². The van der Waals surface area contributed by atoms with Crippen LogP contribution in [0.3, 0.4) is 0 Å². The number of carboxylic acids is 1. The molecule has 5 N–H and O–H groups in total. The maximum atomic E-state index is 13.0. The first-order valence-electron chi connectivity index (χ1n) is 22.6.